The second-order valence-electron chi connectivity index (χ2n) is 4.17. The van der Waals surface area contributed by atoms with Crippen molar-refractivity contribution in [2.45, 2.75) is 11.4 Å². The van der Waals surface area contributed by atoms with Crippen LogP contribution >= 0.6 is 0 Å². The fourth-order valence-electron chi connectivity index (χ4n) is 1.62. The van der Waals surface area contributed by atoms with Crippen LogP contribution in [-0.4, -0.2) is 13.5 Å². The van der Waals surface area contributed by atoms with Crippen molar-refractivity contribution in [1.82, 2.24) is 4.72 Å². The lowest BCUT2D eigenvalue weighted by Crippen LogP contribution is -2.23. The van der Waals surface area contributed by atoms with Crippen LogP contribution in [0.15, 0.2) is 47.4 Å². The molecular formula is C13H13FN2O3S. The Morgan fingerprint density at radius 2 is 1.80 bits per heavy atom. The standard InChI is InChI=1S/C13H13FN2O3S/c14-10-1-4-12(5-2-10)20(18,19)16-8-9-7-11(15)3-6-13(9)17/h1-7,16-17H,8,15H2. The zero-order valence-electron chi connectivity index (χ0n) is 10.4. The van der Waals surface area contributed by atoms with Crippen molar-refractivity contribution >= 4 is 15.7 Å². The molecular weight excluding hydrogens is 283 g/mol. The summed E-state index contributed by atoms with van der Waals surface area (Å²) in [5, 5.41) is 9.60. The molecule has 0 aliphatic carbocycles. The summed E-state index contributed by atoms with van der Waals surface area (Å²) in [6.45, 7) is -0.115. The number of aromatic hydroxyl groups is 1. The number of halogens is 1. The molecule has 0 radical (unpaired) electrons. The Morgan fingerprint density at radius 3 is 2.45 bits per heavy atom. The molecule has 2 aromatic rings. The first-order chi connectivity index (χ1) is 9.38. The van der Waals surface area contributed by atoms with Crippen molar-refractivity contribution in [3.63, 3.8) is 0 Å². The lowest BCUT2D eigenvalue weighted by Gasteiger charge is -2.09. The van der Waals surface area contributed by atoms with Gasteiger partial charge >= 0.3 is 0 Å². The second-order valence-corrected chi connectivity index (χ2v) is 5.93. The van der Waals surface area contributed by atoms with Crippen LogP contribution in [0.25, 0.3) is 0 Å². The number of phenols is 1. The summed E-state index contributed by atoms with van der Waals surface area (Å²) in [6.07, 6.45) is 0. The summed E-state index contributed by atoms with van der Waals surface area (Å²) in [4.78, 5) is -0.0534. The SMILES string of the molecule is Nc1ccc(O)c(CNS(=O)(=O)c2ccc(F)cc2)c1. The van der Waals surface area contributed by atoms with E-state index in [2.05, 4.69) is 4.72 Å². The van der Waals surface area contributed by atoms with E-state index in [1.165, 1.54) is 18.2 Å². The van der Waals surface area contributed by atoms with Crippen molar-refractivity contribution in [2.75, 3.05) is 5.73 Å². The van der Waals surface area contributed by atoms with E-state index >= 15 is 0 Å². The van der Waals surface area contributed by atoms with Gasteiger partial charge in [-0.05, 0) is 42.5 Å². The maximum atomic E-state index is 12.8. The van der Waals surface area contributed by atoms with Gasteiger partial charge in [0.2, 0.25) is 10.0 Å². The molecule has 2 aromatic carbocycles. The molecule has 106 valence electrons. The third kappa shape index (κ3) is 3.25. The molecule has 0 atom stereocenters. The van der Waals surface area contributed by atoms with E-state index in [0.29, 0.717) is 11.3 Å². The molecule has 0 saturated heterocycles. The van der Waals surface area contributed by atoms with Crippen LogP contribution in [-0.2, 0) is 16.6 Å². The normalized spacial score (nSPS) is 11.4. The van der Waals surface area contributed by atoms with Gasteiger partial charge in [-0.2, -0.15) is 0 Å². The maximum absolute atomic E-state index is 12.8. The van der Waals surface area contributed by atoms with Crippen LogP contribution in [0.5, 0.6) is 5.75 Å². The number of nitrogens with two attached hydrogens (primary N) is 1. The van der Waals surface area contributed by atoms with Gasteiger partial charge in [0.15, 0.2) is 0 Å². The van der Waals surface area contributed by atoms with E-state index in [1.54, 1.807) is 0 Å². The van der Waals surface area contributed by atoms with E-state index in [9.17, 15) is 17.9 Å². The summed E-state index contributed by atoms with van der Waals surface area (Å²) in [6, 6.07) is 8.82. The zero-order chi connectivity index (χ0) is 14.8. The lowest BCUT2D eigenvalue weighted by atomic mass is 10.2. The fourth-order valence-corrected chi connectivity index (χ4v) is 2.62. The lowest BCUT2D eigenvalue weighted by molar-refractivity contribution is 0.467. The van der Waals surface area contributed by atoms with Crippen LogP contribution < -0.4 is 10.5 Å². The average molecular weight is 296 g/mol. The van der Waals surface area contributed by atoms with Crippen LogP contribution in [0.3, 0.4) is 0 Å². The van der Waals surface area contributed by atoms with Gasteiger partial charge in [0.1, 0.15) is 11.6 Å². The van der Waals surface area contributed by atoms with E-state index in [-0.39, 0.29) is 17.2 Å². The van der Waals surface area contributed by atoms with Crippen molar-refractivity contribution in [2.24, 2.45) is 0 Å². The largest absolute Gasteiger partial charge is 0.508 e. The molecule has 0 aromatic heterocycles. The topological polar surface area (TPSA) is 92.4 Å². The van der Waals surface area contributed by atoms with Crippen molar-refractivity contribution in [3.05, 3.63) is 53.8 Å². The van der Waals surface area contributed by atoms with Crippen molar-refractivity contribution in [1.29, 1.82) is 0 Å². The second kappa shape index (κ2) is 5.48. The van der Waals surface area contributed by atoms with Gasteiger partial charge in [-0.15, -0.1) is 0 Å². The minimum Gasteiger partial charge on any atom is -0.508 e. The fraction of sp³-hybridized carbons (Fsp3) is 0.0769. The minimum absolute atomic E-state index is 0.0534. The number of nitrogen functional groups attached to an aromatic ring is 1. The maximum Gasteiger partial charge on any atom is 0.240 e. The third-order valence-electron chi connectivity index (χ3n) is 2.68. The van der Waals surface area contributed by atoms with Gasteiger partial charge in [0.25, 0.3) is 0 Å². The molecule has 0 spiro atoms. The highest BCUT2D eigenvalue weighted by molar-refractivity contribution is 7.89. The first-order valence-corrected chi connectivity index (χ1v) is 7.19. The number of benzene rings is 2. The van der Waals surface area contributed by atoms with Gasteiger partial charge in [-0.25, -0.2) is 17.5 Å². The summed E-state index contributed by atoms with van der Waals surface area (Å²) in [5.74, 6) is -0.571. The highest BCUT2D eigenvalue weighted by Gasteiger charge is 2.14. The number of rotatable bonds is 4. The molecule has 0 aliphatic rings. The molecule has 2 rings (SSSR count). The molecule has 0 aliphatic heterocycles. The molecule has 0 amide bonds. The predicted octanol–water partition coefficient (Wildman–Crippen LogP) is 1.59. The van der Waals surface area contributed by atoms with Gasteiger partial charge in [0.05, 0.1) is 4.90 Å². The van der Waals surface area contributed by atoms with E-state index in [1.807, 2.05) is 0 Å². The Kier molecular flexibility index (Phi) is 3.91. The first kappa shape index (κ1) is 14.3. The summed E-state index contributed by atoms with van der Waals surface area (Å²) in [7, 11) is -3.77. The highest BCUT2D eigenvalue weighted by Crippen LogP contribution is 2.20. The Bertz CT molecular complexity index is 715. The molecule has 0 heterocycles. The van der Waals surface area contributed by atoms with Crippen LogP contribution in [0, 0.1) is 5.82 Å². The minimum atomic E-state index is -3.77. The van der Waals surface area contributed by atoms with Crippen LogP contribution in [0.1, 0.15) is 5.56 Å². The smallest absolute Gasteiger partial charge is 0.240 e. The van der Waals surface area contributed by atoms with E-state index in [0.717, 1.165) is 24.3 Å². The monoisotopic (exact) mass is 296 g/mol. The quantitative estimate of drug-likeness (QED) is 0.590. The zero-order valence-corrected chi connectivity index (χ0v) is 11.2. The van der Waals surface area contributed by atoms with Gasteiger partial charge in [-0.3, -0.25) is 0 Å². The van der Waals surface area contributed by atoms with Crippen molar-refractivity contribution in [3.8, 4) is 5.75 Å². The van der Waals surface area contributed by atoms with E-state index < -0.39 is 15.8 Å². The van der Waals surface area contributed by atoms with Gasteiger partial charge < -0.3 is 10.8 Å². The average Bonchev–Trinajstić information content (AvgIpc) is 2.40. The molecule has 0 saturated carbocycles. The highest BCUT2D eigenvalue weighted by atomic mass is 32.2. The summed E-state index contributed by atoms with van der Waals surface area (Å²) in [5.41, 5.74) is 6.34. The Labute approximate surface area is 115 Å². The number of hydrogen-bond acceptors (Lipinski definition) is 4. The number of anilines is 1. The predicted molar refractivity (Wildman–Crippen MR) is 72.9 cm³/mol. The molecule has 5 nitrogen and oxygen atoms in total. The third-order valence-corrected chi connectivity index (χ3v) is 4.10. The Morgan fingerprint density at radius 1 is 1.15 bits per heavy atom. The number of phenolic OH excluding ortho intramolecular Hbond substituents is 1. The Balaban J connectivity index is 2.17. The first-order valence-electron chi connectivity index (χ1n) is 5.71. The van der Waals surface area contributed by atoms with Crippen LogP contribution in [0.2, 0.25) is 0 Å². The molecule has 7 heteroatoms. The molecule has 0 unspecified atom stereocenters. The van der Waals surface area contributed by atoms with Gasteiger partial charge in [-0.1, -0.05) is 0 Å². The number of nitrogens with one attached hydrogen (secondary N) is 1. The molecule has 4 N–H and O–H groups in total. The van der Waals surface area contributed by atoms with Crippen molar-refractivity contribution < 1.29 is 17.9 Å². The number of sulfonamides is 1. The van der Waals surface area contributed by atoms with Gasteiger partial charge in [0, 0.05) is 17.8 Å². The van der Waals surface area contributed by atoms with E-state index in [4.69, 9.17) is 5.73 Å². The molecule has 20 heavy (non-hydrogen) atoms. The molecule has 0 bridgehead atoms. The summed E-state index contributed by atoms with van der Waals surface area (Å²) >= 11 is 0. The number of hydrogen-bond donors (Lipinski definition) is 3. The molecule has 0 fully saturated rings. The van der Waals surface area contributed by atoms with Crippen LogP contribution in [0.4, 0.5) is 10.1 Å². The Hall–Kier alpha value is -2.12. The summed E-state index contributed by atoms with van der Waals surface area (Å²) < 4.78 is 39.0.